The lowest BCUT2D eigenvalue weighted by Crippen LogP contribution is -2.49. The second-order valence-corrected chi connectivity index (χ2v) is 6.68. The highest BCUT2D eigenvalue weighted by atomic mass is 15.2. The Balaban J connectivity index is 1.62. The Bertz CT molecular complexity index is 399. The van der Waals surface area contributed by atoms with Crippen molar-refractivity contribution in [3.8, 4) is 0 Å². The first kappa shape index (κ1) is 13.9. The Morgan fingerprint density at radius 3 is 2.60 bits per heavy atom. The number of para-hydroxylation sites is 1. The standard InChI is InChI=1S/C18H28N2/c1-2-6-16-11-17(19-12-15-9-10-15)14-20(13-16)18-7-4-3-5-8-18/h3-5,7-8,15-17,19H,2,6,9-14H2,1H3. The zero-order chi connectivity index (χ0) is 13.8. The van der Waals surface area contributed by atoms with Gasteiger partial charge in [0.2, 0.25) is 0 Å². The van der Waals surface area contributed by atoms with Crippen LogP contribution in [0, 0.1) is 11.8 Å². The Morgan fingerprint density at radius 1 is 1.10 bits per heavy atom. The molecule has 2 unspecified atom stereocenters. The SMILES string of the molecule is CCCC1CC(NCC2CC2)CN(c2ccccc2)C1. The van der Waals surface area contributed by atoms with Crippen molar-refractivity contribution < 1.29 is 0 Å². The van der Waals surface area contributed by atoms with Gasteiger partial charge in [0.1, 0.15) is 0 Å². The van der Waals surface area contributed by atoms with Gasteiger partial charge < -0.3 is 10.2 Å². The number of piperidine rings is 1. The molecule has 1 aliphatic carbocycles. The van der Waals surface area contributed by atoms with E-state index >= 15 is 0 Å². The number of anilines is 1. The molecular weight excluding hydrogens is 244 g/mol. The normalized spacial score (nSPS) is 26.8. The molecule has 1 heterocycles. The first-order valence-electron chi connectivity index (χ1n) is 8.38. The molecule has 3 rings (SSSR count). The maximum atomic E-state index is 3.83. The van der Waals surface area contributed by atoms with Gasteiger partial charge in [0, 0.05) is 24.8 Å². The molecule has 1 aliphatic heterocycles. The smallest absolute Gasteiger partial charge is 0.0366 e. The Labute approximate surface area is 123 Å². The molecule has 0 spiro atoms. The Hall–Kier alpha value is -1.02. The van der Waals surface area contributed by atoms with Crippen molar-refractivity contribution in [2.24, 2.45) is 11.8 Å². The van der Waals surface area contributed by atoms with E-state index in [1.807, 2.05) is 0 Å². The zero-order valence-electron chi connectivity index (χ0n) is 12.7. The van der Waals surface area contributed by atoms with E-state index in [0.29, 0.717) is 6.04 Å². The molecule has 110 valence electrons. The second kappa shape index (κ2) is 6.62. The number of rotatable bonds is 6. The van der Waals surface area contributed by atoms with Crippen LogP contribution in [0.25, 0.3) is 0 Å². The van der Waals surface area contributed by atoms with Crippen molar-refractivity contribution >= 4 is 5.69 Å². The monoisotopic (exact) mass is 272 g/mol. The van der Waals surface area contributed by atoms with Crippen molar-refractivity contribution in [2.45, 2.75) is 45.1 Å². The summed E-state index contributed by atoms with van der Waals surface area (Å²) in [6.45, 7) is 5.97. The summed E-state index contributed by atoms with van der Waals surface area (Å²) >= 11 is 0. The highest BCUT2D eigenvalue weighted by Crippen LogP contribution is 2.29. The van der Waals surface area contributed by atoms with E-state index in [9.17, 15) is 0 Å². The van der Waals surface area contributed by atoms with E-state index < -0.39 is 0 Å². The molecule has 2 atom stereocenters. The van der Waals surface area contributed by atoms with Crippen LogP contribution in [0.4, 0.5) is 5.69 Å². The molecule has 0 aromatic heterocycles. The molecule has 1 aromatic rings. The van der Waals surface area contributed by atoms with Crippen molar-refractivity contribution in [1.82, 2.24) is 5.32 Å². The summed E-state index contributed by atoms with van der Waals surface area (Å²) in [5, 5.41) is 3.83. The first-order chi connectivity index (χ1) is 9.85. The summed E-state index contributed by atoms with van der Waals surface area (Å²) in [6, 6.07) is 11.6. The molecule has 1 aromatic carbocycles. The molecule has 0 radical (unpaired) electrons. The largest absolute Gasteiger partial charge is 0.370 e. The lowest BCUT2D eigenvalue weighted by atomic mass is 9.90. The predicted molar refractivity (Wildman–Crippen MR) is 86.2 cm³/mol. The van der Waals surface area contributed by atoms with Gasteiger partial charge in [-0.1, -0.05) is 31.5 Å². The molecule has 2 fully saturated rings. The Morgan fingerprint density at radius 2 is 1.90 bits per heavy atom. The van der Waals surface area contributed by atoms with Gasteiger partial charge in [-0.2, -0.15) is 0 Å². The fourth-order valence-corrected chi connectivity index (χ4v) is 3.47. The van der Waals surface area contributed by atoms with Gasteiger partial charge in [-0.25, -0.2) is 0 Å². The van der Waals surface area contributed by atoms with Crippen LogP contribution in [0.1, 0.15) is 39.0 Å². The van der Waals surface area contributed by atoms with Crippen LogP contribution in [0.5, 0.6) is 0 Å². The number of nitrogens with zero attached hydrogens (tertiary/aromatic N) is 1. The topological polar surface area (TPSA) is 15.3 Å². The summed E-state index contributed by atoms with van der Waals surface area (Å²) in [5.74, 6) is 1.83. The lowest BCUT2D eigenvalue weighted by Gasteiger charge is -2.39. The van der Waals surface area contributed by atoms with Crippen LogP contribution < -0.4 is 10.2 Å². The molecule has 2 nitrogen and oxygen atoms in total. The Kier molecular flexibility index (Phi) is 4.62. The average Bonchev–Trinajstić information content (AvgIpc) is 3.30. The van der Waals surface area contributed by atoms with E-state index in [-0.39, 0.29) is 0 Å². The second-order valence-electron chi connectivity index (χ2n) is 6.68. The summed E-state index contributed by atoms with van der Waals surface area (Å²) in [6.07, 6.45) is 6.93. The molecule has 0 amide bonds. The fraction of sp³-hybridized carbons (Fsp3) is 0.667. The zero-order valence-corrected chi connectivity index (χ0v) is 12.7. The summed E-state index contributed by atoms with van der Waals surface area (Å²) in [4.78, 5) is 2.59. The maximum absolute atomic E-state index is 3.83. The van der Waals surface area contributed by atoms with Gasteiger partial charge in [-0.3, -0.25) is 0 Å². The van der Waals surface area contributed by atoms with Gasteiger partial charge in [0.15, 0.2) is 0 Å². The number of hydrogen-bond acceptors (Lipinski definition) is 2. The van der Waals surface area contributed by atoms with Gasteiger partial charge >= 0.3 is 0 Å². The van der Waals surface area contributed by atoms with Gasteiger partial charge in [0.05, 0.1) is 0 Å². The van der Waals surface area contributed by atoms with Crippen molar-refractivity contribution in [2.75, 3.05) is 24.5 Å². The van der Waals surface area contributed by atoms with E-state index in [2.05, 4.69) is 47.5 Å². The highest BCUT2D eigenvalue weighted by Gasteiger charge is 2.28. The van der Waals surface area contributed by atoms with E-state index in [1.54, 1.807) is 0 Å². The van der Waals surface area contributed by atoms with Crippen molar-refractivity contribution in [1.29, 1.82) is 0 Å². The summed E-state index contributed by atoms with van der Waals surface area (Å²) in [5.41, 5.74) is 1.39. The molecule has 1 saturated carbocycles. The average molecular weight is 272 g/mol. The van der Waals surface area contributed by atoms with Crippen molar-refractivity contribution in [3.05, 3.63) is 30.3 Å². The third-order valence-corrected chi connectivity index (χ3v) is 4.75. The van der Waals surface area contributed by atoms with E-state index in [1.165, 1.54) is 57.4 Å². The quantitative estimate of drug-likeness (QED) is 0.850. The summed E-state index contributed by atoms with van der Waals surface area (Å²) in [7, 11) is 0. The molecule has 1 N–H and O–H groups in total. The maximum Gasteiger partial charge on any atom is 0.0366 e. The third kappa shape index (κ3) is 3.76. The first-order valence-corrected chi connectivity index (χ1v) is 8.38. The predicted octanol–water partition coefficient (Wildman–Crippen LogP) is 3.68. The van der Waals surface area contributed by atoms with E-state index in [4.69, 9.17) is 0 Å². The van der Waals surface area contributed by atoms with Crippen molar-refractivity contribution in [3.63, 3.8) is 0 Å². The summed E-state index contributed by atoms with van der Waals surface area (Å²) < 4.78 is 0. The van der Waals surface area contributed by atoms with Crippen LogP contribution in [-0.4, -0.2) is 25.7 Å². The van der Waals surface area contributed by atoms with E-state index in [0.717, 1.165) is 11.8 Å². The fourth-order valence-electron chi connectivity index (χ4n) is 3.47. The van der Waals surface area contributed by atoms with Crippen LogP contribution in [0.2, 0.25) is 0 Å². The molecule has 20 heavy (non-hydrogen) atoms. The highest BCUT2D eigenvalue weighted by molar-refractivity contribution is 5.46. The minimum absolute atomic E-state index is 0.682. The van der Waals surface area contributed by atoms with Crippen LogP contribution >= 0.6 is 0 Å². The van der Waals surface area contributed by atoms with Crippen LogP contribution in [0.15, 0.2) is 30.3 Å². The minimum atomic E-state index is 0.682. The molecule has 0 bridgehead atoms. The number of hydrogen-bond donors (Lipinski definition) is 1. The molecule has 1 saturated heterocycles. The van der Waals surface area contributed by atoms with Gasteiger partial charge in [-0.05, 0) is 56.2 Å². The number of nitrogens with one attached hydrogen (secondary N) is 1. The molecular formula is C18H28N2. The number of benzene rings is 1. The van der Waals surface area contributed by atoms with Crippen LogP contribution in [0.3, 0.4) is 0 Å². The van der Waals surface area contributed by atoms with Gasteiger partial charge in [0.25, 0.3) is 0 Å². The third-order valence-electron chi connectivity index (χ3n) is 4.75. The van der Waals surface area contributed by atoms with Gasteiger partial charge in [-0.15, -0.1) is 0 Å². The van der Waals surface area contributed by atoms with Crippen LogP contribution in [-0.2, 0) is 0 Å². The minimum Gasteiger partial charge on any atom is -0.370 e. The molecule has 2 heteroatoms. The lowest BCUT2D eigenvalue weighted by molar-refractivity contribution is 0.315. The molecule has 2 aliphatic rings.